The Balaban J connectivity index is 2.26. The third-order valence-electron chi connectivity index (χ3n) is 3.66. The van der Waals surface area contributed by atoms with Crippen LogP contribution in [-0.2, 0) is 6.18 Å². The summed E-state index contributed by atoms with van der Waals surface area (Å²) in [5.41, 5.74) is -1.76. The second kappa shape index (κ2) is 5.52. The summed E-state index contributed by atoms with van der Waals surface area (Å²) in [4.78, 5) is 24.0. The average molecular weight is 332 g/mol. The number of nitrogens with zero attached hydrogens (tertiary/aromatic N) is 1. The number of aromatic nitrogens is 1. The monoisotopic (exact) mass is 332 g/mol. The molecule has 0 fully saturated rings. The predicted octanol–water partition coefficient (Wildman–Crippen LogP) is 2.97. The highest BCUT2D eigenvalue weighted by molar-refractivity contribution is 6.10. The second-order valence-electron chi connectivity index (χ2n) is 5.19. The maximum Gasteiger partial charge on any atom is 0.417 e. The molecule has 0 unspecified atom stereocenters. The molecule has 4 nitrogen and oxygen atoms in total. The average Bonchev–Trinajstić information content (AvgIpc) is 2.56. The molecule has 3 aromatic rings. The van der Waals surface area contributed by atoms with Crippen molar-refractivity contribution in [1.82, 2.24) is 4.68 Å². The molecule has 2 N–H and O–H groups in total. The number of benzene rings is 2. The molecule has 0 saturated heterocycles. The van der Waals surface area contributed by atoms with Crippen LogP contribution in [-0.4, -0.2) is 10.5 Å². The van der Waals surface area contributed by atoms with Crippen LogP contribution < -0.4 is 11.4 Å². The second-order valence-corrected chi connectivity index (χ2v) is 5.19. The Morgan fingerprint density at radius 1 is 0.958 bits per heavy atom. The number of ketones is 1. The quantitative estimate of drug-likeness (QED) is 0.580. The van der Waals surface area contributed by atoms with Crippen molar-refractivity contribution in [3.63, 3.8) is 0 Å². The minimum Gasteiger partial charge on any atom is -0.336 e. The lowest BCUT2D eigenvalue weighted by molar-refractivity contribution is -0.136. The van der Waals surface area contributed by atoms with Crippen LogP contribution in [0.1, 0.15) is 21.5 Å². The van der Waals surface area contributed by atoms with Gasteiger partial charge in [-0.05, 0) is 18.2 Å². The molecular formula is C17H11F3N2O2. The highest BCUT2D eigenvalue weighted by atomic mass is 19.4. The third kappa shape index (κ3) is 2.64. The van der Waals surface area contributed by atoms with E-state index >= 15 is 0 Å². The van der Waals surface area contributed by atoms with Gasteiger partial charge in [0.2, 0.25) is 0 Å². The van der Waals surface area contributed by atoms with Crippen molar-refractivity contribution in [2.24, 2.45) is 0 Å². The number of fused-ring (bicyclic) bond motifs is 1. The van der Waals surface area contributed by atoms with Crippen LogP contribution in [0.4, 0.5) is 13.2 Å². The smallest absolute Gasteiger partial charge is 0.336 e. The number of rotatable bonds is 2. The van der Waals surface area contributed by atoms with Crippen molar-refractivity contribution < 1.29 is 18.0 Å². The number of carbonyl (C=O) groups is 1. The van der Waals surface area contributed by atoms with Gasteiger partial charge in [-0.15, -0.1) is 0 Å². The fourth-order valence-electron chi connectivity index (χ4n) is 2.48. The normalized spacial score (nSPS) is 11.6. The van der Waals surface area contributed by atoms with Crippen LogP contribution in [0, 0.1) is 0 Å². The highest BCUT2D eigenvalue weighted by Gasteiger charge is 2.34. The summed E-state index contributed by atoms with van der Waals surface area (Å²) in [5.74, 6) is 5.10. The van der Waals surface area contributed by atoms with E-state index in [0.29, 0.717) is 16.3 Å². The Labute approximate surface area is 133 Å². The van der Waals surface area contributed by atoms with Gasteiger partial charge in [0.25, 0.3) is 5.56 Å². The zero-order valence-corrected chi connectivity index (χ0v) is 12.2. The van der Waals surface area contributed by atoms with Gasteiger partial charge in [-0.2, -0.15) is 13.2 Å². The molecule has 2 aromatic carbocycles. The Morgan fingerprint density at radius 2 is 1.62 bits per heavy atom. The molecule has 24 heavy (non-hydrogen) atoms. The van der Waals surface area contributed by atoms with Crippen LogP contribution >= 0.6 is 0 Å². The van der Waals surface area contributed by atoms with Gasteiger partial charge in [-0.3, -0.25) is 9.59 Å². The van der Waals surface area contributed by atoms with Crippen LogP contribution in [0.5, 0.6) is 0 Å². The lowest BCUT2D eigenvalue weighted by Gasteiger charge is -2.13. The van der Waals surface area contributed by atoms with Gasteiger partial charge in [0.15, 0.2) is 5.78 Å². The lowest BCUT2D eigenvalue weighted by atomic mass is 9.99. The van der Waals surface area contributed by atoms with E-state index in [-0.39, 0.29) is 16.5 Å². The molecule has 0 amide bonds. The van der Waals surface area contributed by atoms with Crippen molar-refractivity contribution in [2.75, 3.05) is 5.84 Å². The summed E-state index contributed by atoms with van der Waals surface area (Å²) in [6.45, 7) is 0. The summed E-state index contributed by atoms with van der Waals surface area (Å²) in [5, 5.41) is -0.300. The summed E-state index contributed by atoms with van der Waals surface area (Å²) in [7, 11) is 0. The van der Waals surface area contributed by atoms with Gasteiger partial charge in [0.1, 0.15) is 0 Å². The van der Waals surface area contributed by atoms with Crippen LogP contribution in [0.3, 0.4) is 0 Å². The van der Waals surface area contributed by atoms with Gasteiger partial charge in [0.05, 0.1) is 11.1 Å². The summed E-state index contributed by atoms with van der Waals surface area (Å²) in [6.07, 6.45) is -4.74. The Morgan fingerprint density at radius 3 is 2.25 bits per heavy atom. The van der Waals surface area contributed by atoms with Crippen LogP contribution in [0.15, 0.2) is 59.4 Å². The molecule has 0 aliphatic rings. The van der Waals surface area contributed by atoms with Gasteiger partial charge >= 0.3 is 6.18 Å². The van der Waals surface area contributed by atoms with Gasteiger partial charge in [-0.1, -0.05) is 30.3 Å². The number of pyridine rings is 1. The number of alkyl halides is 3. The third-order valence-corrected chi connectivity index (χ3v) is 3.66. The molecule has 3 rings (SSSR count). The minimum atomic E-state index is -4.74. The van der Waals surface area contributed by atoms with Gasteiger partial charge < -0.3 is 5.84 Å². The van der Waals surface area contributed by atoms with E-state index in [9.17, 15) is 22.8 Å². The molecule has 0 atom stereocenters. The lowest BCUT2D eigenvalue weighted by Crippen LogP contribution is -2.29. The molecule has 0 saturated carbocycles. The molecular weight excluding hydrogens is 321 g/mol. The van der Waals surface area contributed by atoms with E-state index in [1.54, 1.807) is 30.3 Å². The van der Waals surface area contributed by atoms with Crippen molar-refractivity contribution >= 4 is 16.7 Å². The SMILES string of the molecule is Nn1c(=O)cc(C(F)(F)F)c2cc(C(=O)c3ccccc3)ccc21. The van der Waals surface area contributed by atoms with Crippen molar-refractivity contribution in [2.45, 2.75) is 6.18 Å². The first kappa shape index (κ1) is 15.8. The first-order valence-corrected chi connectivity index (χ1v) is 6.91. The largest absolute Gasteiger partial charge is 0.417 e. The van der Waals surface area contributed by atoms with E-state index in [0.717, 1.165) is 6.07 Å². The predicted molar refractivity (Wildman–Crippen MR) is 83.2 cm³/mol. The first-order valence-electron chi connectivity index (χ1n) is 6.91. The van der Waals surface area contributed by atoms with E-state index in [4.69, 9.17) is 5.84 Å². The Bertz CT molecular complexity index is 992. The van der Waals surface area contributed by atoms with Crippen molar-refractivity contribution in [3.8, 4) is 0 Å². The maximum absolute atomic E-state index is 13.2. The number of nitrogen functional groups attached to an aromatic ring is 1. The Kier molecular flexibility index (Phi) is 3.63. The van der Waals surface area contributed by atoms with E-state index in [2.05, 4.69) is 0 Å². The fourth-order valence-corrected chi connectivity index (χ4v) is 2.48. The van der Waals surface area contributed by atoms with E-state index in [1.807, 2.05) is 0 Å². The molecule has 122 valence electrons. The molecule has 0 aliphatic carbocycles. The zero-order valence-electron chi connectivity index (χ0n) is 12.2. The topological polar surface area (TPSA) is 65.1 Å². The molecule has 1 heterocycles. The fraction of sp³-hybridized carbons (Fsp3) is 0.0588. The zero-order chi connectivity index (χ0) is 17.5. The first-order chi connectivity index (χ1) is 11.3. The number of hydrogen-bond donors (Lipinski definition) is 1. The molecule has 0 spiro atoms. The van der Waals surface area contributed by atoms with Crippen molar-refractivity contribution in [1.29, 1.82) is 0 Å². The number of halogens is 3. The van der Waals surface area contributed by atoms with E-state index < -0.39 is 23.1 Å². The van der Waals surface area contributed by atoms with Gasteiger partial charge in [-0.25, -0.2) is 4.68 Å². The summed E-state index contributed by atoms with van der Waals surface area (Å²) < 4.78 is 40.3. The number of hydrogen-bond acceptors (Lipinski definition) is 3. The summed E-state index contributed by atoms with van der Waals surface area (Å²) in [6, 6.07) is 12.3. The number of nitrogens with two attached hydrogens (primary N) is 1. The molecule has 0 radical (unpaired) electrons. The van der Waals surface area contributed by atoms with Crippen molar-refractivity contribution in [3.05, 3.63) is 81.6 Å². The Hall–Kier alpha value is -3.09. The van der Waals surface area contributed by atoms with Crippen LogP contribution in [0.2, 0.25) is 0 Å². The molecule has 1 aromatic heterocycles. The maximum atomic E-state index is 13.2. The molecule has 0 aliphatic heterocycles. The standard InChI is InChI=1S/C17H11F3N2O2/c18-17(19,20)13-9-15(23)22(21)14-7-6-11(8-12(13)14)16(24)10-4-2-1-3-5-10/h1-9H,21H2. The summed E-state index contributed by atoms with van der Waals surface area (Å²) >= 11 is 0. The highest BCUT2D eigenvalue weighted by Crippen LogP contribution is 2.34. The van der Waals surface area contributed by atoms with Crippen LogP contribution in [0.25, 0.3) is 10.9 Å². The van der Waals surface area contributed by atoms with E-state index in [1.165, 1.54) is 12.1 Å². The minimum absolute atomic E-state index is 0.0813. The number of carbonyl (C=O) groups excluding carboxylic acids is 1. The molecule has 0 bridgehead atoms. The van der Waals surface area contributed by atoms with Gasteiger partial charge in [0, 0.05) is 22.6 Å². The molecule has 7 heteroatoms.